The summed E-state index contributed by atoms with van der Waals surface area (Å²) < 4.78 is 43.2. The Morgan fingerprint density at radius 3 is 2.54 bits per heavy atom. The first-order valence-electron chi connectivity index (χ1n) is 12.0. The van der Waals surface area contributed by atoms with Crippen molar-refractivity contribution >= 4 is 29.1 Å². The number of nitrogens with zero attached hydrogens (tertiary/aromatic N) is 2. The highest BCUT2D eigenvalue weighted by molar-refractivity contribution is 6.34. The molecule has 1 aromatic heterocycles. The van der Waals surface area contributed by atoms with Crippen LogP contribution in [0.1, 0.15) is 78.3 Å². The smallest absolute Gasteiger partial charge is 0.398 e. The summed E-state index contributed by atoms with van der Waals surface area (Å²) in [5, 5.41) is 14.0. The van der Waals surface area contributed by atoms with Crippen molar-refractivity contribution in [1.82, 2.24) is 9.78 Å². The van der Waals surface area contributed by atoms with E-state index in [1.165, 1.54) is 22.9 Å². The number of rotatable bonds is 4. The van der Waals surface area contributed by atoms with Gasteiger partial charge in [-0.25, -0.2) is 0 Å². The van der Waals surface area contributed by atoms with Crippen molar-refractivity contribution in [2.45, 2.75) is 69.9 Å². The number of carbonyl (C=O) groups excluding carboxylic acids is 1. The van der Waals surface area contributed by atoms with Crippen LogP contribution in [0.5, 0.6) is 0 Å². The number of alkyl halides is 3. The highest BCUT2D eigenvalue weighted by atomic mass is 35.5. The molecule has 0 unspecified atom stereocenters. The molecule has 35 heavy (non-hydrogen) atoms. The number of hydrogen-bond acceptors (Lipinski definition) is 3. The molecule has 3 aliphatic carbocycles. The van der Waals surface area contributed by atoms with Crippen molar-refractivity contribution in [2.75, 3.05) is 0 Å². The third-order valence-corrected chi connectivity index (χ3v) is 8.13. The number of allylic oxidation sites excluding steroid dienone is 2. The van der Waals surface area contributed by atoms with Crippen molar-refractivity contribution in [3.05, 3.63) is 57.4 Å². The third-order valence-electron chi connectivity index (χ3n) is 7.81. The Kier molecular flexibility index (Phi) is 5.86. The van der Waals surface area contributed by atoms with Gasteiger partial charge in [-0.3, -0.25) is 9.59 Å². The number of halogens is 4. The number of fused-ring (bicyclic) bond motifs is 1. The van der Waals surface area contributed by atoms with Crippen LogP contribution in [-0.4, -0.2) is 32.9 Å². The molecule has 1 heterocycles. The van der Waals surface area contributed by atoms with Gasteiger partial charge in [-0.1, -0.05) is 36.7 Å². The van der Waals surface area contributed by atoms with Crippen molar-refractivity contribution in [2.24, 2.45) is 11.8 Å². The summed E-state index contributed by atoms with van der Waals surface area (Å²) in [5.41, 5.74) is 0.933. The second-order valence-electron chi connectivity index (χ2n) is 10.1. The van der Waals surface area contributed by atoms with E-state index in [0.717, 1.165) is 17.6 Å². The number of hydrogen-bond donors (Lipinski definition) is 1. The van der Waals surface area contributed by atoms with Gasteiger partial charge in [0.2, 0.25) is 0 Å². The minimum Gasteiger partial charge on any atom is -0.481 e. The topological polar surface area (TPSA) is 72.2 Å². The second-order valence-corrected chi connectivity index (χ2v) is 10.5. The first kappa shape index (κ1) is 24.1. The first-order valence-corrected chi connectivity index (χ1v) is 12.3. The van der Waals surface area contributed by atoms with Gasteiger partial charge in [0.1, 0.15) is 0 Å². The number of aliphatic carboxylic acids is 1. The molecule has 1 N–H and O–H groups in total. The van der Waals surface area contributed by atoms with Gasteiger partial charge in [-0.15, -0.1) is 0 Å². The van der Waals surface area contributed by atoms with Gasteiger partial charge in [-0.2, -0.15) is 23.0 Å². The van der Waals surface area contributed by atoms with Crippen LogP contribution < -0.4 is 0 Å². The second kappa shape index (κ2) is 8.50. The Morgan fingerprint density at radius 2 is 1.94 bits per heavy atom. The zero-order chi connectivity index (χ0) is 25.1. The lowest BCUT2D eigenvalue weighted by atomic mass is 9.83. The number of carbonyl (C=O) groups is 2. The number of carboxylic acids is 1. The maximum Gasteiger partial charge on any atom is 0.398 e. The maximum atomic E-state index is 14.0. The fourth-order valence-corrected chi connectivity index (χ4v) is 5.81. The van der Waals surface area contributed by atoms with E-state index < -0.39 is 29.4 Å². The van der Waals surface area contributed by atoms with Crippen molar-refractivity contribution in [3.8, 4) is 0 Å². The summed E-state index contributed by atoms with van der Waals surface area (Å²) in [6, 6.07) is 4.26. The third kappa shape index (κ3) is 3.99. The number of carboxylic acid groups (broad SMARTS) is 1. The molecular formula is C26H26ClF3N2O3. The Labute approximate surface area is 206 Å². The predicted octanol–water partition coefficient (Wildman–Crippen LogP) is 6.21. The van der Waals surface area contributed by atoms with E-state index in [2.05, 4.69) is 12.0 Å². The first-order chi connectivity index (χ1) is 16.5. The van der Waals surface area contributed by atoms with Gasteiger partial charge in [0.25, 0.3) is 5.91 Å². The highest BCUT2D eigenvalue weighted by Gasteiger charge is 2.65. The molecule has 0 spiro atoms. The van der Waals surface area contributed by atoms with Gasteiger partial charge >= 0.3 is 12.1 Å². The standard InChI is InChI=1S/C26H26ClF3N2O3/c1-14-5-10-17-20(13-14)32(31-22(17)15-6-8-16(9-7-15)24(34)35)23(33)21-18(3-2-4-19(21)27)25(11-12-25)26(28,29)30/h2-4,6,14,16H,5,7-13H2,1H3,(H,34,35)/t14-,16+/m1/s1. The molecule has 2 atom stereocenters. The van der Waals surface area contributed by atoms with Crippen LogP contribution in [-0.2, 0) is 23.1 Å². The van der Waals surface area contributed by atoms with Crippen LogP contribution in [0.4, 0.5) is 13.2 Å². The molecule has 0 saturated heterocycles. The van der Waals surface area contributed by atoms with Crippen molar-refractivity contribution in [1.29, 1.82) is 0 Å². The zero-order valence-electron chi connectivity index (χ0n) is 19.3. The average molecular weight is 507 g/mol. The van der Waals surface area contributed by atoms with Crippen LogP contribution in [0.25, 0.3) is 5.57 Å². The van der Waals surface area contributed by atoms with E-state index in [4.69, 9.17) is 11.6 Å². The molecule has 1 saturated carbocycles. The summed E-state index contributed by atoms with van der Waals surface area (Å²) in [4.78, 5) is 25.2. The van der Waals surface area contributed by atoms with E-state index in [0.29, 0.717) is 49.4 Å². The lowest BCUT2D eigenvalue weighted by molar-refractivity contribution is -0.160. The monoisotopic (exact) mass is 506 g/mol. The molecule has 1 aromatic carbocycles. The van der Waals surface area contributed by atoms with Crippen molar-refractivity contribution in [3.63, 3.8) is 0 Å². The molecular weight excluding hydrogens is 481 g/mol. The van der Waals surface area contributed by atoms with E-state index in [1.54, 1.807) is 0 Å². The molecule has 186 valence electrons. The Morgan fingerprint density at radius 1 is 1.20 bits per heavy atom. The van der Waals surface area contributed by atoms with Gasteiger partial charge in [0, 0.05) is 5.56 Å². The maximum absolute atomic E-state index is 14.0. The summed E-state index contributed by atoms with van der Waals surface area (Å²) in [7, 11) is 0. The summed E-state index contributed by atoms with van der Waals surface area (Å²) in [5.74, 6) is -1.62. The summed E-state index contributed by atoms with van der Waals surface area (Å²) >= 11 is 6.37. The molecule has 9 heteroatoms. The Balaban J connectivity index is 1.61. The molecule has 0 radical (unpaired) electrons. The van der Waals surface area contributed by atoms with Crippen LogP contribution in [0.3, 0.4) is 0 Å². The molecule has 0 aliphatic heterocycles. The molecule has 5 rings (SSSR count). The molecule has 1 fully saturated rings. The molecule has 0 amide bonds. The summed E-state index contributed by atoms with van der Waals surface area (Å²) in [6.07, 6.45) is 0.852. The quantitative estimate of drug-likeness (QED) is 0.535. The highest BCUT2D eigenvalue weighted by Crippen LogP contribution is 2.60. The minimum absolute atomic E-state index is 0.0149. The zero-order valence-corrected chi connectivity index (χ0v) is 20.0. The largest absolute Gasteiger partial charge is 0.481 e. The normalized spacial score (nSPS) is 23.4. The van der Waals surface area contributed by atoms with E-state index in [-0.39, 0.29) is 29.0 Å². The average Bonchev–Trinajstić information content (AvgIpc) is 3.55. The summed E-state index contributed by atoms with van der Waals surface area (Å²) in [6.45, 7) is 2.07. The number of aromatic nitrogens is 2. The molecule has 0 bridgehead atoms. The minimum atomic E-state index is -4.48. The van der Waals surface area contributed by atoms with Crippen LogP contribution in [0.15, 0.2) is 24.3 Å². The van der Waals surface area contributed by atoms with Gasteiger partial charge in [-0.05, 0) is 74.5 Å². The van der Waals surface area contributed by atoms with E-state index in [1.807, 2.05) is 6.08 Å². The van der Waals surface area contributed by atoms with Gasteiger partial charge < -0.3 is 5.11 Å². The molecule has 3 aliphatic rings. The van der Waals surface area contributed by atoms with Gasteiger partial charge in [0.05, 0.1) is 33.3 Å². The predicted molar refractivity (Wildman–Crippen MR) is 125 cm³/mol. The fraction of sp³-hybridized carbons (Fsp3) is 0.500. The Bertz CT molecular complexity index is 1240. The van der Waals surface area contributed by atoms with Crippen LogP contribution in [0, 0.1) is 11.8 Å². The lowest BCUT2D eigenvalue weighted by Gasteiger charge is -2.24. The Hall–Kier alpha value is -2.61. The fourth-order valence-electron chi connectivity index (χ4n) is 5.56. The van der Waals surface area contributed by atoms with Crippen LogP contribution in [0.2, 0.25) is 5.02 Å². The van der Waals surface area contributed by atoms with Gasteiger partial charge in [0.15, 0.2) is 0 Å². The van der Waals surface area contributed by atoms with Crippen LogP contribution >= 0.6 is 11.6 Å². The SMILES string of the molecule is C[C@@H]1CCc2c(C3=CC[C@H](C(=O)O)CC3)nn(C(=O)c3c(Cl)cccc3C3(C(F)(F)F)CC3)c2C1. The molecule has 2 aromatic rings. The molecule has 5 nitrogen and oxygen atoms in total. The van der Waals surface area contributed by atoms with E-state index >= 15 is 0 Å². The number of benzene rings is 1. The lowest BCUT2D eigenvalue weighted by Crippen LogP contribution is -2.32. The van der Waals surface area contributed by atoms with Crippen molar-refractivity contribution < 1.29 is 27.9 Å². The van der Waals surface area contributed by atoms with E-state index in [9.17, 15) is 27.9 Å².